The van der Waals surface area contributed by atoms with Crippen LogP contribution in [0, 0.1) is 0 Å². The summed E-state index contributed by atoms with van der Waals surface area (Å²) >= 11 is 0. The van der Waals surface area contributed by atoms with Gasteiger partial charge in [0.1, 0.15) is 11.7 Å². The number of nitrogens with one attached hydrogen (secondary N) is 1. The number of rotatable bonds is 2. The first-order chi connectivity index (χ1) is 8.17. The molecule has 104 valence electrons. The van der Waals surface area contributed by atoms with Crippen LogP contribution >= 0.6 is 0 Å². The van der Waals surface area contributed by atoms with E-state index >= 15 is 0 Å². The first-order valence-corrected chi connectivity index (χ1v) is 6.05. The Hall–Kier alpha value is -1.46. The van der Waals surface area contributed by atoms with Crippen LogP contribution in [0.4, 0.5) is 9.59 Å². The van der Waals surface area contributed by atoms with Crippen LogP contribution < -0.4 is 5.32 Å². The smallest absolute Gasteiger partial charge is 0.409 e. The Balaban J connectivity index is 2.19. The predicted octanol–water partition coefficient (Wildman–Crippen LogP) is 1.74. The Morgan fingerprint density at radius 3 is 2.22 bits per heavy atom. The lowest BCUT2D eigenvalue weighted by Gasteiger charge is -2.35. The average Bonchev–Trinajstić information content (AvgIpc) is 2.10. The van der Waals surface area contributed by atoms with Crippen molar-refractivity contribution >= 4 is 12.2 Å². The second kappa shape index (κ2) is 5.46. The van der Waals surface area contributed by atoms with E-state index in [9.17, 15) is 9.59 Å². The van der Waals surface area contributed by atoms with Gasteiger partial charge in [-0.2, -0.15) is 0 Å². The largest absolute Gasteiger partial charge is 0.446 e. The van der Waals surface area contributed by atoms with E-state index in [1.165, 1.54) is 4.90 Å². The third kappa shape index (κ3) is 4.81. The van der Waals surface area contributed by atoms with E-state index in [1.807, 2.05) is 20.8 Å². The van der Waals surface area contributed by atoms with Gasteiger partial charge < -0.3 is 19.7 Å². The first-order valence-electron chi connectivity index (χ1n) is 6.05. The molecule has 0 aliphatic heterocycles. The van der Waals surface area contributed by atoms with Crippen molar-refractivity contribution in [3.05, 3.63) is 0 Å². The molecule has 0 aromatic rings. The number of hydrogen-bond donors (Lipinski definition) is 1. The minimum atomic E-state index is -0.495. The van der Waals surface area contributed by atoms with Gasteiger partial charge in [-0.25, -0.2) is 9.59 Å². The van der Waals surface area contributed by atoms with Gasteiger partial charge in [0.05, 0.1) is 0 Å². The predicted molar refractivity (Wildman–Crippen MR) is 66.3 cm³/mol. The van der Waals surface area contributed by atoms with Crippen molar-refractivity contribution in [3.8, 4) is 0 Å². The minimum Gasteiger partial charge on any atom is -0.446 e. The zero-order chi connectivity index (χ0) is 13.9. The highest BCUT2D eigenvalue weighted by molar-refractivity contribution is 5.69. The molecular weight excluding hydrogens is 236 g/mol. The van der Waals surface area contributed by atoms with Crippen LogP contribution in [0.15, 0.2) is 0 Å². The van der Waals surface area contributed by atoms with Gasteiger partial charge in [-0.1, -0.05) is 0 Å². The van der Waals surface area contributed by atoms with E-state index in [4.69, 9.17) is 9.47 Å². The molecule has 1 fully saturated rings. The Morgan fingerprint density at radius 2 is 1.78 bits per heavy atom. The number of ether oxygens (including phenoxy) is 2. The molecular formula is C12H22N2O4. The number of amides is 2. The molecule has 0 atom stereocenters. The molecule has 0 aromatic heterocycles. The number of carbonyl (C=O) groups excluding carboxylic acids is 2. The fourth-order valence-corrected chi connectivity index (χ4v) is 1.50. The van der Waals surface area contributed by atoms with Crippen molar-refractivity contribution in [2.45, 2.75) is 51.4 Å². The number of alkyl carbamates (subject to hydrolysis) is 1. The highest BCUT2D eigenvalue weighted by atomic mass is 16.6. The van der Waals surface area contributed by atoms with Gasteiger partial charge in [-0.15, -0.1) is 0 Å². The fraction of sp³-hybridized carbons (Fsp3) is 0.833. The van der Waals surface area contributed by atoms with Crippen LogP contribution in [0.25, 0.3) is 0 Å². The summed E-state index contributed by atoms with van der Waals surface area (Å²) in [6.45, 7) is 5.44. The van der Waals surface area contributed by atoms with E-state index in [1.54, 1.807) is 14.1 Å². The Labute approximate surface area is 108 Å². The molecule has 0 spiro atoms. The summed E-state index contributed by atoms with van der Waals surface area (Å²) in [5.74, 6) is 0. The van der Waals surface area contributed by atoms with Crippen LogP contribution in [-0.4, -0.2) is 48.9 Å². The topological polar surface area (TPSA) is 67.9 Å². The fourth-order valence-electron chi connectivity index (χ4n) is 1.50. The van der Waals surface area contributed by atoms with Crippen molar-refractivity contribution in [1.82, 2.24) is 10.2 Å². The molecule has 0 radical (unpaired) electrons. The van der Waals surface area contributed by atoms with Crippen LogP contribution in [0.2, 0.25) is 0 Å². The van der Waals surface area contributed by atoms with Gasteiger partial charge >= 0.3 is 12.2 Å². The molecule has 0 heterocycles. The van der Waals surface area contributed by atoms with E-state index < -0.39 is 11.7 Å². The van der Waals surface area contributed by atoms with Crippen LogP contribution in [0.1, 0.15) is 33.6 Å². The Kier molecular flexibility index (Phi) is 4.43. The summed E-state index contributed by atoms with van der Waals surface area (Å²) in [6.07, 6.45) is 0.387. The van der Waals surface area contributed by atoms with E-state index in [2.05, 4.69) is 5.32 Å². The van der Waals surface area contributed by atoms with Crippen LogP contribution in [0.3, 0.4) is 0 Å². The van der Waals surface area contributed by atoms with Gasteiger partial charge in [-0.05, 0) is 20.8 Å². The van der Waals surface area contributed by atoms with E-state index in [0.29, 0.717) is 12.8 Å². The number of nitrogens with zero attached hydrogens (tertiary/aromatic N) is 1. The maximum atomic E-state index is 11.4. The highest BCUT2D eigenvalue weighted by Gasteiger charge is 2.34. The summed E-state index contributed by atoms with van der Waals surface area (Å²) in [7, 11) is 3.27. The molecule has 1 aliphatic carbocycles. The monoisotopic (exact) mass is 258 g/mol. The van der Waals surface area contributed by atoms with Gasteiger partial charge in [0, 0.05) is 33.0 Å². The van der Waals surface area contributed by atoms with Gasteiger partial charge in [0.15, 0.2) is 0 Å². The SMILES string of the molecule is CN(C)C(=O)O[C@H]1C[C@H](NC(=O)OC(C)(C)C)C1. The molecule has 6 nitrogen and oxygen atoms in total. The molecule has 1 saturated carbocycles. The number of carbonyl (C=O) groups is 2. The zero-order valence-electron chi connectivity index (χ0n) is 11.6. The molecule has 6 heteroatoms. The summed E-state index contributed by atoms with van der Waals surface area (Å²) in [6, 6.07) is 0.0276. The summed E-state index contributed by atoms with van der Waals surface area (Å²) in [4.78, 5) is 24.1. The molecule has 1 aliphatic rings. The number of hydrogen-bond acceptors (Lipinski definition) is 4. The third-order valence-corrected chi connectivity index (χ3v) is 2.45. The lowest BCUT2D eigenvalue weighted by atomic mass is 9.89. The van der Waals surface area contributed by atoms with Crippen molar-refractivity contribution in [1.29, 1.82) is 0 Å². The lowest BCUT2D eigenvalue weighted by molar-refractivity contribution is 0.00955. The van der Waals surface area contributed by atoms with Crippen LogP contribution in [0.5, 0.6) is 0 Å². The van der Waals surface area contributed by atoms with Crippen molar-refractivity contribution < 1.29 is 19.1 Å². The summed E-state index contributed by atoms with van der Waals surface area (Å²) in [5.41, 5.74) is -0.495. The quantitative estimate of drug-likeness (QED) is 0.819. The van der Waals surface area contributed by atoms with Crippen molar-refractivity contribution in [2.75, 3.05) is 14.1 Å². The zero-order valence-corrected chi connectivity index (χ0v) is 11.6. The van der Waals surface area contributed by atoms with Crippen molar-refractivity contribution in [3.63, 3.8) is 0 Å². The Morgan fingerprint density at radius 1 is 1.22 bits per heavy atom. The van der Waals surface area contributed by atoms with E-state index in [-0.39, 0.29) is 18.2 Å². The molecule has 0 aromatic carbocycles. The third-order valence-electron chi connectivity index (χ3n) is 2.45. The van der Waals surface area contributed by atoms with Crippen molar-refractivity contribution in [2.24, 2.45) is 0 Å². The van der Waals surface area contributed by atoms with Gasteiger partial charge in [0.2, 0.25) is 0 Å². The maximum absolute atomic E-state index is 11.4. The Bertz CT molecular complexity index is 317. The molecule has 2 amide bonds. The van der Waals surface area contributed by atoms with E-state index in [0.717, 1.165) is 0 Å². The lowest BCUT2D eigenvalue weighted by Crippen LogP contribution is -2.50. The summed E-state index contributed by atoms with van der Waals surface area (Å²) < 4.78 is 10.3. The standard InChI is InChI=1S/C12H22N2O4/c1-12(2,3)18-10(15)13-8-6-9(7-8)17-11(16)14(4)5/h8-9H,6-7H2,1-5H3,(H,13,15)/t8-,9-. The molecule has 0 bridgehead atoms. The molecule has 0 unspecified atom stereocenters. The molecule has 18 heavy (non-hydrogen) atoms. The first kappa shape index (κ1) is 14.6. The van der Waals surface area contributed by atoms with Gasteiger partial charge in [0.25, 0.3) is 0 Å². The van der Waals surface area contributed by atoms with Gasteiger partial charge in [-0.3, -0.25) is 0 Å². The normalized spacial score (nSPS) is 22.7. The minimum absolute atomic E-state index is 0.0276. The summed E-state index contributed by atoms with van der Waals surface area (Å²) in [5, 5.41) is 2.74. The highest BCUT2D eigenvalue weighted by Crippen LogP contribution is 2.24. The van der Waals surface area contributed by atoms with Crippen LogP contribution in [-0.2, 0) is 9.47 Å². The molecule has 1 rings (SSSR count). The second-order valence-corrected chi connectivity index (χ2v) is 5.71. The average molecular weight is 258 g/mol. The second-order valence-electron chi connectivity index (χ2n) is 5.71. The molecule has 1 N–H and O–H groups in total. The maximum Gasteiger partial charge on any atom is 0.409 e. The molecule has 0 saturated heterocycles.